The first-order valence-electron chi connectivity index (χ1n) is 7.75. The molecule has 1 unspecified atom stereocenters. The Labute approximate surface area is 127 Å². The Morgan fingerprint density at radius 3 is 2.76 bits per heavy atom. The van der Waals surface area contributed by atoms with Gasteiger partial charge in [-0.15, -0.1) is 0 Å². The number of methoxy groups -OCH3 is 1. The van der Waals surface area contributed by atoms with Crippen LogP contribution in [0.1, 0.15) is 36.8 Å². The quantitative estimate of drug-likeness (QED) is 0.905. The number of piperazine rings is 1. The van der Waals surface area contributed by atoms with Gasteiger partial charge in [0, 0.05) is 32.6 Å². The largest absolute Gasteiger partial charge is 0.496 e. The molecule has 1 aliphatic rings. The van der Waals surface area contributed by atoms with Crippen molar-refractivity contribution in [2.24, 2.45) is 0 Å². The molecule has 116 valence electrons. The van der Waals surface area contributed by atoms with Gasteiger partial charge in [-0.1, -0.05) is 19.1 Å². The molecule has 4 heteroatoms. The summed E-state index contributed by atoms with van der Waals surface area (Å²) in [5.41, 5.74) is 2.46. The molecule has 1 amide bonds. The Bertz CT molecular complexity index is 482. The van der Waals surface area contributed by atoms with E-state index in [1.165, 1.54) is 11.1 Å². The van der Waals surface area contributed by atoms with Gasteiger partial charge in [0.2, 0.25) is 5.91 Å². The van der Waals surface area contributed by atoms with E-state index >= 15 is 0 Å². The third kappa shape index (κ3) is 3.97. The number of amides is 1. The zero-order valence-corrected chi connectivity index (χ0v) is 13.3. The fourth-order valence-electron chi connectivity index (χ4n) is 3.02. The third-order valence-electron chi connectivity index (χ3n) is 4.26. The van der Waals surface area contributed by atoms with E-state index in [1.54, 1.807) is 7.11 Å². The van der Waals surface area contributed by atoms with Gasteiger partial charge in [-0.2, -0.15) is 0 Å². The van der Waals surface area contributed by atoms with Crippen LogP contribution in [0, 0.1) is 6.92 Å². The number of benzene rings is 1. The summed E-state index contributed by atoms with van der Waals surface area (Å²) in [5, 5.41) is 3.27. The highest BCUT2D eigenvalue weighted by atomic mass is 16.5. The molecule has 1 atom stereocenters. The van der Waals surface area contributed by atoms with Crippen LogP contribution >= 0.6 is 0 Å². The number of carbonyl (C=O) groups excluding carboxylic acids is 1. The van der Waals surface area contributed by atoms with Crippen molar-refractivity contribution in [1.82, 2.24) is 10.2 Å². The van der Waals surface area contributed by atoms with Gasteiger partial charge >= 0.3 is 0 Å². The SMILES string of the molecule is COc1cccc(C)c1C(C)CCC(=O)N1CCNCC1. The number of aryl methyl sites for hydroxylation is 1. The molecule has 0 aliphatic carbocycles. The molecule has 1 aliphatic heterocycles. The molecular weight excluding hydrogens is 264 g/mol. The average Bonchev–Trinajstić information content (AvgIpc) is 2.52. The molecule has 21 heavy (non-hydrogen) atoms. The Morgan fingerprint density at radius 2 is 2.10 bits per heavy atom. The minimum Gasteiger partial charge on any atom is -0.496 e. The van der Waals surface area contributed by atoms with Crippen molar-refractivity contribution >= 4 is 5.91 Å². The van der Waals surface area contributed by atoms with Gasteiger partial charge in [-0.25, -0.2) is 0 Å². The standard InChI is InChI=1S/C17H26N2O2/c1-13-5-4-6-15(21-3)17(13)14(2)7-8-16(20)19-11-9-18-10-12-19/h4-6,14,18H,7-12H2,1-3H3. The fourth-order valence-corrected chi connectivity index (χ4v) is 3.02. The van der Waals surface area contributed by atoms with Crippen molar-refractivity contribution in [2.45, 2.75) is 32.6 Å². The molecule has 1 aromatic rings. The maximum Gasteiger partial charge on any atom is 0.222 e. The van der Waals surface area contributed by atoms with E-state index in [0.717, 1.165) is 38.3 Å². The zero-order chi connectivity index (χ0) is 15.2. The van der Waals surface area contributed by atoms with Crippen LogP contribution in [0.2, 0.25) is 0 Å². The van der Waals surface area contributed by atoms with Gasteiger partial charge in [0.25, 0.3) is 0 Å². The first-order valence-corrected chi connectivity index (χ1v) is 7.75. The van der Waals surface area contributed by atoms with Crippen molar-refractivity contribution in [3.05, 3.63) is 29.3 Å². The average molecular weight is 290 g/mol. The van der Waals surface area contributed by atoms with Crippen molar-refractivity contribution in [2.75, 3.05) is 33.3 Å². The Hall–Kier alpha value is -1.55. The molecule has 1 heterocycles. The number of hydrogen-bond acceptors (Lipinski definition) is 3. The minimum atomic E-state index is 0.274. The van der Waals surface area contributed by atoms with Crippen molar-refractivity contribution in [3.8, 4) is 5.75 Å². The van der Waals surface area contributed by atoms with Crippen molar-refractivity contribution in [3.63, 3.8) is 0 Å². The molecule has 2 rings (SSSR count). The van der Waals surface area contributed by atoms with Gasteiger partial charge in [-0.05, 0) is 36.5 Å². The lowest BCUT2D eigenvalue weighted by atomic mass is 9.91. The number of carbonyl (C=O) groups is 1. The monoisotopic (exact) mass is 290 g/mol. The van der Waals surface area contributed by atoms with Gasteiger partial charge in [-0.3, -0.25) is 4.79 Å². The lowest BCUT2D eigenvalue weighted by Crippen LogP contribution is -2.46. The highest BCUT2D eigenvalue weighted by Crippen LogP contribution is 2.32. The number of hydrogen-bond donors (Lipinski definition) is 1. The normalized spacial score (nSPS) is 16.6. The number of nitrogens with one attached hydrogen (secondary N) is 1. The van der Waals surface area contributed by atoms with Crippen LogP contribution in [0.15, 0.2) is 18.2 Å². The Balaban J connectivity index is 1.95. The second-order valence-electron chi connectivity index (χ2n) is 5.76. The smallest absolute Gasteiger partial charge is 0.222 e. The third-order valence-corrected chi connectivity index (χ3v) is 4.26. The summed E-state index contributed by atoms with van der Waals surface area (Å²) in [4.78, 5) is 14.2. The molecule has 0 radical (unpaired) electrons. The van der Waals surface area contributed by atoms with Gasteiger partial charge < -0.3 is 15.0 Å². The second kappa shape index (κ2) is 7.46. The summed E-state index contributed by atoms with van der Waals surface area (Å²) in [6.07, 6.45) is 1.47. The van der Waals surface area contributed by atoms with Gasteiger partial charge in [0.15, 0.2) is 0 Å². The van der Waals surface area contributed by atoms with E-state index < -0.39 is 0 Å². The van der Waals surface area contributed by atoms with Gasteiger partial charge in [0.1, 0.15) is 5.75 Å². The highest BCUT2D eigenvalue weighted by molar-refractivity contribution is 5.76. The predicted molar refractivity (Wildman–Crippen MR) is 84.8 cm³/mol. The van der Waals surface area contributed by atoms with Crippen LogP contribution < -0.4 is 10.1 Å². The van der Waals surface area contributed by atoms with Crippen LogP contribution in [0.3, 0.4) is 0 Å². The summed E-state index contributed by atoms with van der Waals surface area (Å²) in [5.74, 6) is 1.53. The number of nitrogens with zero attached hydrogens (tertiary/aromatic N) is 1. The lowest BCUT2D eigenvalue weighted by molar-refractivity contribution is -0.131. The first kappa shape index (κ1) is 15.8. The second-order valence-corrected chi connectivity index (χ2v) is 5.76. The number of ether oxygens (including phenoxy) is 1. The van der Waals surface area contributed by atoms with E-state index in [9.17, 15) is 4.79 Å². The van der Waals surface area contributed by atoms with E-state index in [0.29, 0.717) is 12.3 Å². The van der Waals surface area contributed by atoms with Gasteiger partial charge in [0.05, 0.1) is 7.11 Å². The van der Waals surface area contributed by atoms with Crippen molar-refractivity contribution < 1.29 is 9.53 Å². The molecular formula is C17H26N2O2. The number of rotatable bonds is 5. The Kier molecular flexibility index (Phi) is 5.62. The molecule has 1 fully saturated rings. The first-order chi connectivity index (χ1) is 10.1. The summed E-state index contributed by atoms with van der Waals surface area (Å²) >= 11 is 0. The Morgan fingerprint density at radius 1 is 1.38 bits per heavy atom. The maximum absolute atomic E-state index is 12.2. The fraction of sp³-hybridized carbons (Fsp3) is 0.588. The van der Waals surface area contributed by atoms with E-state index in [-0.39, 0.29) is 5.91 Å². The van der Waals surface area contributed by atoms with E-state index in [2.05, 4.69) is 25.2 Å². The topological polar surface area (TPSA) is 41.6 Å². The lowest BCUT2D eigenvalue weighted by Gasteiger charge is -2.28. The molecule has 0 saturated carbocycles. The summed E-state index contributed by atoms with van der Waals surface area (Å²) < 4.78 is 5.47. The minimum absolute atomic E-state index is 0.274. The molecule has 1 saturated heterocycles. The predicted octanol–water partition coefficient (Wildman–Crippen LogP) is 2.32. The van der Waals surface area contributed by atoms with E-state index in [4.69, 9.17) is 4.74 Å². The maximum atomic E-state index is 12.2. The van der Waals surface area contributed by atoms with Crippen LogP contribution in [0.25, 0.3) is 0 Å². The highest BCUT2D eigenvalue weighted by Gasteiger charge is 2.19. The van der Waals surface area contributed by atoms with Crippen LogP contribution in [0.4, 0.5) is 0 Å². The molecule has 0 aromatic heterocycles. The van der Waals surface area contributed by atoms with Crippen LogP contribution in [-0.2, 0) is 4.79 Å². The zero-order valence-electron chi connectivity index (χ0n) is 13.3. The molecule has 0 bridgehead atoms. The summed E-state index contributed by atoms with van der Waals surface area (Å²) in [6, 6.07) is 6.11. The molecule has 1 aromatic carbocycles. The summed E-state index contributed by atoms with van der Waals surface area (Å²) in [7, 11) is 1.71. The molecule has 0 spiro atoms. The summed E-state index contributed by atoms with van der Waals surface area (Å²) in [6.45, 7) is 7.77. The van der Waals surface area contributed by atoms with Crippen LogP contribution in [0.5, 0.6) is 5.75 Å². The molecule has 1 N–H and O–H groups in total. The molecule has 4 nitrogen and oxygen atoms in total. The van der Waals surface area contributed by atoms with Crippen molar-refractivity contribution in [1.29, 1.82) is 0 Å². The van der Waals surface area contributed by atoms with Crippen LogP contribution in [-0.4, -0.2) is 44.1 Å². The van der Waals surface area contributed by atoms with E-state index in [1.807, 2.05) is 17.0 Å².